The number of benzene rings is 1. The van der Waals surface area contributed by atoms with Crippen molar-refractivity contribution in [2.24, 2.45) is 0 Å². The van der Waals surface area contributed by atoms with Gasteiger partial charge in [0.15, 0.2) is 0 Å². The molecule has 0 radical (unpaired) electrons. The van der Waals surface area contributed by atoms with Crippen LogP contribution in [0.3, 0.4) is 0 Å². The Morgan fingerprint density at radius 1 is 1.50 bits per heavy atom. The molecule has 0 aliphatic heterocycles. The molecule has 0 unspecified atom stereocenters. The van der Waals surface area contributed by atoms with E-state index in [0.717, 1.165) is 5.56 Å². The third kappa shape index (κ3) is 3.49. The van der Waals surface area contributed by atoms with Crippen molar-refractivity contribution in [2.45, 2.75) is 24.6 Å². The summed E-state index contributed by atoms with van der Waals surface area (Å²) >= 11 is 3.27. The highest BCUT2D eigenvalue weighted by Gasteiger charge is 2.26. The van der Waals surface area contributed by atoms with Gasteiger partial charge in [0, 0.05) is 0 Å². The topological polar surface area (TPSA) is 26.3 Å². The zero-order valence-electron chi connectivity index (χ0n) is 9.50. The lowest BCUT2D eigenvalue weighted by molar-refractivity contribution is -0.136. The first kappa shape index (κ1) is 13.0. The Hall–Kier alpha value is -1.09. The molecule has 0 atom stereocenters. The van der Waals surface area contributed by atoms with E-state index < -0.39 is 4.32 Å². The molecule has 0 fully saturated rings. The van der Waals surface area contributed by atoms with Crippen LogP contribution in [0.25, 0.3) is 0 Å². The summed E-state index contributed by atoms with van der Waals surface area (Å²) in [5.41, 5.74) is 0.961. The first-order valence-corrected chi connectivity index (χ1v) is 5.84. The fourth-order valence-electron chi connectivity index (χ4n) is 1.15. The average molecular weight is 283 g/mol. The fourth-order valence-corrected chi connectivity index (χ4v) is 1.23. The zero-order chi connectivity index (χ0) is 12.2. The summed E-state index contributed by atoms with van der Waals surface area (Å²) in [6.45, 7) is 7.19. The number of carbonyl (C=O) groups excluding carboxylic acids is 1. The number of halogens is 1. The van der Waals surface area contributed by atoms with Gasteiger partial charge in [-0.2, -0.15) is 0 Å². The third-order valence-corrected chi connectivity index (χ3v) is 2.35. The first-order chi connectivity index (χ1) is 7.45. The Morgan fingerprint density at radius 3 is 2.69 bits per heavy atom. The molecule has 1 aromatic carbocycles. The standard InChI is InChI=1S/C13H15BrO2/c1-4-7-10-8-5-6-9-11(10)16-12(15)13(2,3)14/h4-6,8-9H,1,7H2,2-3H3. The van der Waals surface area contributed by atoms with E-state index in [2.05, 4.69) is 22.5 Å². The lowest BCUT2D eigenvalue weighted by Gasteiger charge is -2.16. The molecule has 0 bridgehead atoms. The van der Waals surface area contributed by atoms with Crippen LogP contribution in [-0.4, -0.2) is 10.3 Å². The predicted octanol–water partition coefficient (Wildman–Crippen LogP) is 3.49. The molecule has 0 spiro atoms. The van der Waals surface area contributed by atoms with Crippen molar-refractivity contribution in [3.8, 4) is 5.75 Å². The smallest absolute Gasteiger partial charge is 0.327 e. The van der Waals surface area contributed by atoms with Crippen molar-refractivity contribution in [2.75, 3.05) is 0 Å². The number of hydrogen-bond acceptors (Lipinski definition) is 2. The molecule has 1 rings (SSSR count). The molecule has 0 saturated carbocycles. The SMILES string of the molecule is C=CCc1ccccc1OC(=O)C(C)(C)Br. The number of allylic oxidation sites excluding steroid dienone is 1. The van der Waals surface area contributed by atoms with Gasteiger partial charge in [0.25, 0.3) is 0 Å². The highest BCUT2D eigenvalue weighted by Crippen LogP contribution is 2.23. The molecule has 0 heterocycles. The van der Waals surface area contributed by atoms with Crippen molar-refractivity contribution >= 4 is 21.9 Å². The maximum atomic E-state index is 11.7. The summed E-state index contributed by atoms with van der Waals surface area (Å²) in [7, 11) is 0. The third-order valence-electron chi connectivity index (χ3n) is 2.02. The van der Waals surface area contributed by atoms with Gasteiger partial charge in [-0.1, -0.05) is 40.2 Å². The Morgan fingerprint density at radius 2 is 2.12 bits per heavy atom. The van der Waals surface area contributed by atoms with Gasteiger partial charge in [-0.3, -0.25) is 4.79 Å². The number of carbonyl (C=O) groups is 1. The number of para-hydroxylation sites is 1. The number of esters is 1. The summed E-state index contributed by atoms with van der Waals surface area (Å²) in [6, 6.07) is 7.47. The normalized spacial score (nSPS) is 10.9. The lowest BCUT2D eigenvalue weighted by Crippen LogP contribution is -2.29. The molecule has 0 aliphatic rings. The van der Waals surface area contributed by atoms with Gasteiger partial charge in [-0.15, -0.1) is 6.58 Å². The van der Waals surface area contributed by atoms with Gasteiger partial charge in [0.1, 0.15) is 10.1 Å². The van der Waals surface area contributed by atoms with Gasteiger partial charge >= 0.3 is 5.97 Å². The van der Waals surface area contributed by atoms with E-state index in [-0.39, 0.29) is 5.97 Å². The molecular formula is C13H15BrO2. The van der Waals surface area contributed by atoms with E-state index >= 15 is 0 Å². The average Bonchev–Trinajstić information content (AvgIpc) is 2.20. The van der Waals surface area contributed by atoms with Crippen LogP contribution in [0, 0.1) is 0 Å². The second-order valence-electron chi connectivity index (χ2n) is 3.96. The van der Waals surface area contributed by atoms with Crippen LogP contribution < -0.4 is 4.74 Å². The Bertz CT molecular complexity index is 391. The number of alkyl halides is 1. The van der Waals surface area contributed by atoms with Gasteiger partial charge in [-0.05, 0) is 31.9 Å². The highest BCUT2D eigenvalue weighted by atomic mass is 79.9. The van der Waals surface area contributed by atoms with E-state index in [4.69, 9.17) is 4.74 Å². The predicted molar refractivity (Wildman–Crippen MR) is 69.0 cm³/mol. The van der Waals surface area contributed by atoms with Crippen LogP contribution in [0.1, 0.15) is 19.4 Å². The van der Waals surface area contributed by atoms with E-state index in [1.807, 2.05) is 18.2 Å². The van der Waals surface area contributed by atoms with Gasteiger partial charge in [0.05, 0.1) is 0 Å². The van der Waals surface area contributed by atoms with E-state index in [1.54, 1.807) is 26.0 Å². The maximum Gasteiger partial charge on any atom is 0.327 e. The summed E-state index contributed by atoms with van der Waals surface area (Å²) in [5.74, 6) is 0.295. The van der Waals surface area contributed by atoms with Crippen LogP contribution >= 0.6 is 15.9 Å². The van der Waals surface area contributed by atoms with Crippen molar-refractivity contribution < 1.29 is 9.53 Å². The molecule has 0 aliphatic carbocycles. The van der Waals surface area contributed by atoms with Crippen LogP contribution in [0.4, 0.5) is 0 Å². The minimum Gasteiger partial charge on any atom is -0.425 e. The monoisotopic (exact) mass is 282 g/mol. The Balaban J connectivity index is 2.88. The van der Waals surface area contributed by atoms with E-state index in [1.165, 1.54) is 0 Å². The number of hydrogen-bond donors (Lipinski definition) is 0. The van der Waals surface area contributed by atoms with Crippen LogP contribution in [-0.2, 0) is 11.2 Å². The second-order valence-corrected chi connectivity index (χ2v) is 5.94. The molecule has 2 nitrogen and oxygen atoms in total. The van der Waals surface area contributed by atoms with Gasteiger partial charge < -0.3 is 4.74 Å². The Labute approximate surface area is 104 Å². The van der Waals surface area contributed by atoms with Gasteiger partial charge in [-0.25, -0.2) is 0 Å². The number of rotatable bonds is 4. The van der Waals surface area contributed by atoms with Crippen LogP contribution in [0.2, 0.25) is 0 Å². The molecular weight excluding hydrogens is 268 g/mol. The van der Waals surface area contributed by atoms with Crippen LogP contribution in [0.15, 0.2) is 36.9 Å². The maximum absolute atomic E-state index is 11.7. The van der Waals surface area contributed by atoms with Gasteiger partial charge in [0.2, 0.25) is 0 Å². The summed E-state index contributed by atoms with van der Waals surface area (Å²) in [5, 5.41) is 0. The zero-order valence-corrected chi connectivity index (χ0v) is 11.1. The van der Waals surface area contributed by atoms with E-state index in [9.17, 15) is 4.79 Å². The molecule has 86 valence electrons. The minimum absolute atomic E-state index is 0.302. The summed E-state index contributed by atoms with van der Waals surface area (Å²) in [4.78, 5) is 11.7. The van der Waals surface area contributed by atoms with Crippen molar-refractivity contribution in [1.82, 2.24) is 0 Å². The summed E-state index contributed by atoms with van der Waals surface area (Å²) in [6.07, 6.45) is 2.47. The molecule has 0 amide bonds. The quantitative estimate of drug-likeness (QED) is 0.366. The molecule has 1 aromatic rings. The Kier molecular flexibility index (Phi) is 4.30. The van der Waals surface area contributed by atoms with Crippen molar-refractivity contribution in [3.05, 3.63) is 42.5 Å². The first-order valence-electron chi connectivity index (χ1n) is 5.05. The highest BCUT2D eigenvalue weighted by molar-refractivity contribution is 9.10. The summed E-state index contributed by atoms with van der Waals surface area (Å²) < 4.78 is 4.66. The minimum atomic E-state index is -0.672. The lowest BCUT2D eigenvalue weighted by atomic mass is 10.1. The van der Waals surface area contributed by atoms with Crippen molar-refractivity contribution in [1.29, 1.82) is 0 Å². The van der Waals surface area contributed by atoms with E-state index in [0.29, 0.717) is 12.2 Å². The van der Waals surface area contributed by atoms with Crippen LogP contribution in [0.5, 0.6) is 5.75 Å². The molecule has 0 saturated heterocycles. The molecule has 0 aromatic heterocycles. The molecule has 16 heavy (non-hydrogen) atoms. The molecule has 3 heteroatoms. The molecule has 0 N–H and O–H groups in total. The number of ether oxygens (including phenoxy) is 1. The largest absolute Gasteiger partial charge is 0.425 e. The van der Waals surface area contributed by atoms with Crippen molar-refractivity contribution in [3.63, 3.8) is 0 Å². The second kappa shape index (κ2) is 5.30. The fraction of sp³-hybridized carbons (Fsp3) is 0.308.